The van der Waals surface area contributed by atoms with Gasteiger partial charge in [-0.15, -0.1) is 12.6 Å². The van der Waals surface area contributed by atoms with Gasteiger partial charge in [0, 0.05) is 18.5 Å². The number of ether oxygens (including phenoxy) is 1. The van der Waals surface area contributed by atoms with Crippen LogP contribution in [-0.4, -0.2) is 29.2 Å². The minimum Gasteiger partial charge on any atom is -0.444 e. The van der Waals surface area contributed by atoms with Gasteiger partial charge in [-0.2, -0.15) is 0 Å². The van der Waals surface area contributed by atoms with Crippen LogP contribution in [0.5, 0.6) is 0 Å². The molecule has 2 unspecified atom stereocenters. The average molecular weight is 295 g/mol. The fraction of sp³-hybridized carbons (Fsp3) is 0.688. The molecule has 0 aromatic rings. The Morgan fingerprint density at radius 1 is 1.40 bits per heavy atom. The second-order valence-electron chi connectivity index (χ2n) is 6.80. The third-order valence-electron chi connectivity index (χ3n) is 3.85. The first-order chi connectivity index (χ1) is 9.28. The second-order valence-corrected chi connectivity index (χ2v) is 7.31. The molecule has 3 nitrogen and oxygen atoms in total. The van der Waals surface area contributed by atoms with Gasteiger partial charge >= 0.3 is 6.09 Å². The van der Waals surface area contributed by atoms with E-state index in [1.807, 2.05) is 25.7 Å². The number of hydrogen-bond donors (Lipinski definition) is 1. The molecule has 112 valence electrons. The second kappa shape index (κ2) is 5.84. The fourth-order valence-electron chi connectivity index (χ4n) is 2.96. The lowest BCUT2D eigenvalue weighted by atomic mass is 9.87. The molecule has 1 heterocycles. The SMILES string of the molecule is CC1=CC=C(S)C(C2CCCN2C(=O)OC(C)(C)C)C1. The van der Waals surface area contributed by atoms with Crippen LogP contribution in [0, 0.1) is 5.92 Å². The standard InChI is InChI=1S/C16H25NO2S/c1-11-7-8-14(20)12(10-11)13-6-5-9-17(13)15(18)19-16(2,3)4/h7-8,12-13,20H,5-6,9-10H2,1-4H3. The molecular formula is C16H25NO2S. The molecule has 1 aliphatic carbocycles. The molecule has 2 rings (SSSR count). The summed E-state index contributed by atoms with van der Waals surface area (Å²) in [6, 6.07) is 0.220. The maximum atomic E-state index is 12.3. The van der Waals surface area contributed by atoms with Crippen molar-refractivity contribution in [3.8, 4) is 0 Å². The van der Waals surface area contributed by atoms with Crippen molar-refractivity contribution in [2.75, 3.05) is 6.54 Å². The van der Waals surface area contributed by atoms with Gasteiger partial charge in [-0.25, -0.2) is 4.79 Å². The summed E-state index contributed by atoms with van der Waals surface area (Å²) in [7, 11) is 0. The van der Waals surface area contributed by atoms with Crippen LogP contribution in [0.3, 0.4) is 0 Å². The van der Waals surface area contributed by atoms with Crippen LogP contribution in [-0.2, 0) is 4.74 Å². The maximum absolute atomic E-state index is 12.3. The van der Waals surface area contributed by atoms with Crippen molar-refractivity contribution in [3.05, 3.63) is 22.6 Å². The van der Waals surface area contributed by atoms with E-state index in [-0.39, 0.29) is 12.1 Å². The van der Waals surface area contributed by atoms with Crippen LogP contribution in [0.25, 0.3) is 0 Å². The van der Waals surface area contributed by atoms with E-state index >= 15 is 0 Å². The summed E-state index contributed by atoms with van der Waals surface area (Å²) < 4.78 is 5.53. The highest BCUT2D eigenvalue weighted by molar-refractivity contribution is 7.84. The number of rotatable bonds is 1. The topological polar surface area (TPSA) is 29.5 Å². The molecule has 2 aliphatic rings. The van der Waals surface area contributed by atoms with Crippen LogP contribution in [0.2, 0.25) is 0 Å². The lowest BCUT2D eigenvalue weighted by Gasteiger charge is -2.34. The van der Waals surface area contributed by atoms with E-state index in [0.717, 1.165) is 30.7 Å². The number of amides is 1. The van der Waals surface area contributed by atoms with Crippen molar-refractivity contribution in [3.63, 3.8) is 0 Å². The summed E-state index contributed by atoms with van der Waals surface area (Å²) in [6.07, 6.45) is 7.07. The van der Waals surface area contributed by atoms with Crippen molar-refractivity contribution in [1.82, 2.24) is 4.90 Å². The molecule has 0 radical (unpaired) electrons. The highest BCUT2D eigenvalue weighted by Gasteiger charge is 2.38. The summed E-state index contributed by atoms with van der Waals surface area (Å²) >= 11 is 4.61. The Balaban J connectivity index is 2.10. The van der Waals surface area contributed by atoms with Gasteiger partial charge < -0.3 is 9.64 Å². The van der Waals surface area contributed by atoms with E-state index in [1.54, 1.807) is 0 Å². The molecule has 0 spiro atoms. The van der Waals surface area contributed by atoms with Gasteiger partial charge in [0.25, 0.3) is 0 Å². The molecule has 4 heteroatoms. The first-order valence-electron chi connectivity index (χ1n) is 7.34. The number of thiol groups is 1. The number of allylic oxidation sites excluding steroid dienone is 3. The third-order valence-corrected chi connectivity index (χ3v) is 4.33. The first-order valence-corrected chi connectivity index (χ1v) is 7.78. The molecule has 1 amide bonds. The summed E-state index contributed by atoms with van der Waals surface area (Å²) in [5, 5.41) is 0. The monoisotopic (exact) mass is 295 g/mol. The summed E-state index contributed by atoms with van der Waals surface area (Å²) in [5.74, 6) is 0.318. The highest BCUT2D eigenvalue weighted by atomic mass is 32.1. The lowest BCUT2D eigenvalue weighted by molar-refractivity contribution is 0.0193. The number of hydrogen-bond acceptors (Lipinski definition) is 3. The number of nitrogens with zero attached hydrogens (tertiary/aromatic N) is 1. The van der Waals surface area contributed by atoms with Crippen LogP contribution < -0.4 is 0 Å². The lowest BCUT2D eigenvalue weighted by Crippen LogP contribution is -2.43. The Labute approximate surface area is 127 Å². The van der Waals surface area contributed by atoms with E-state index in [4.69, 9.17) is 4.74 Å². The quantitative estimate of drug-likeness (QED) is 0.736. The maximum Gasteiger partial charge on any atom is 0.410 e. The Kier molecular flexibility index (Phi) is 4.52. The summed E-state index contributed by atoms with van der Waals surface area (Å²) in [4.78, 5) is 15.3. The summed E-state index contributed by atoms with van der Waals surface area (Å²) in [5.41, 5.74) is 0.913. The predicted octanol–water partition coefficient (Wildman–Crippen LogP) is 4.17. The molecule has 0 N–H and O–H groups in total. The zero-order chi connectivity index (χ0) is 14.9. The Bertz CT molecular complexity index is 448. The van der Waals surface area contributed by atoms with Gasteiger partial charge in [0.2, 0.25) is 0 Å². The van der Waals surface area contributed by atoms with E-state index in [9.17, 15) is 4.79 Å². The minimum absolute atomic E-state index is 0.187. The Hall–Kier alpha value is -0.900. The molecule has 0 bridgehead atoms. The van der Waals surface area contributed by atoms with Crippen molar-refractivity contribution >= 4 is 18.7 Å². The fourth-order valence-corrected chi connectivity index (χ4v) is 3.30. The van der Waals surface area contributed by atoms with Gasteiger partial charge in [-0.05, 0) is 51.9 Å². The van der Waals surface area contributed by atoms with Gasteiger partial charge in [-0.3, -0.25) is 0 Å². The molecule has 1 saturated heterocycles. The zero-order valence-electron chi connectivity index (χ0n) is 12.8. The van der Waals surface area contributed by atoms with Crippen molar-refractivity contribution in [2.24, 2.45) is 5.92 Å². The van der Waals surface area contributed by atoms with Crippen molar-refractivity contribution in [2.45, 2.75) is 58.6 Å². The van der Waals surface area contributed by atoms with E-state index in [1.165, 1.54) is 5.57 Å². The van der Waals surface area contributed by atoms with Crippen LogP contribution in [0.1, 0.15) is 47.0 Å². The smallest absolute Gasteiger partial charge is 0.410 e. The van der Waals surface area contributed by atoms with Crippen molar-refractivity contribution < 1.29 is 9.53 Å². The Morgan fingerprint density at radius 2 is 2.10 bits per heavy atom. The van der Waals surface area contributed by atoms with Gasteiger partial charge in [0.05, 0.1) is 0 Å². The molecule has 0 aromatic heterocycles. The molecule has 2 atom stereocenters. The normalized spacial score (nSPS) is 27.1. The molecule has 1 aliphatic heterocycles. The van der Waals surface area contributed by atoms with Gasteiger partial charge in [0.1, 0.15) is 5.60 Å². The van der Waals surface area contributed by atoms with Crippen LogP contribution >= 0.6 is 12.6 Å². The molecule has 0 aromatic carbocycles. The summed E-state index contributed by atoms with van der Waals surface area (Å²) in [6.45, 7) is 8.66. The number of carbonyl (C=O) groups is 1. The number of likely N-dealkylation sites (tertiary alicyclic amines) is 1. The van der Waals surface area contributed by atoms with Gasteiger partial charge in [0.15, 0.2) is 0 Å². The molecular weight excluding hydrogens is 270 g/mol. The van der Waals surface area contributed by atoms with Crippen LogP contribution in [0.4, 0.5) is 4.79 Å². The molecule has 20 heavy (non-hydrogen) atoms. The number of carbonyl (C=O) groups excluding carboxylic acids is 1. The average Bonchev–Trinajstić information content (AvgIpc) is 2.79. The predicted molar refractivity (Wildman–Crippen MR) is 84.9 cm³/mol. The van der Waals surface area contributed by atoms with E-state index in [2.05, 4.69) is 31.7 Å². The first kappa shape index (κ1) is 15.5. The highest BCUT2D eigenvalue weighted by Crippen LogP contribution is 2.37. The van der Waals surface area contributed by atoms with Crippen LogP contribution in [0.15, 0.2) is 22.6 Å². The minimum atomic E-state index is -0.438. The third kappa shape index (κ3) is 3.60. The largest absolute Gasteiger partial charge is 0.444 e. The van der Waals surface area contributed by atoms with E-state index in [0.29, 0.717) is 5.92 Å². The molecule has 0 saturated carbocycles. The zero-order valence-corrected chi connectivity index (χ0v) is 13.7. The molecule has 1 fully saturated rings. The Morgan fingerprint density at radius 3 is 2.75 bits per heavy atom. The van der Waals surface area contributed by atoms with Gasteiger partial charge in [-0.1, -0.05) is 17.7 Å². The van der Waals surface area contributed by atoms with E-state index < -0.39 is 5.60 Å². The van der Waals surface area contributed by atoms with Crippen molar-refractivity contribution in [1.29, 1.82) is 0 Å².